The molecule has 0 aliphatic carbocycles. The zero-order valence-corrected chi connectivity index (χ0v) is 14.3. The van der Waals surface area contributed by atoms with E-state index in [9.17, 15) is 9.59 Å². The maximum Gasteiger partial charge on any atom is 0.270 e. The van der Waals surface area contributed by atoms with E-state index in [0.717, 1.165) is 5.56 Å². The summed E-state index contributed by atoms with van der Waals surface area (Å²) < 4.78 is 0. The molecule has 0 aromatic heterocycles. The Labute approximate surface area is 149 Å². The van der Waals surface area contributed by atoms with Crippen molar-refractivity contribution in [3.05, 3.63) is 70.3 Å². The standard InChI is InChI=1S/C18H13ClN2O2S/c1-11-2-8-14(9-3-11)21-17(23)15(16(22)20-18(21)24)10-12-4-6-13(19)7-5-12/h2-10H,1H3,(H,20,22,24)/b15-10+. The second-order valence-corrected chi connectivity index (χ2v) is 6.17. The largest absolute Gasteiger partial charge is 0.298 e. The fourth-order valence-corrected chi connectivity index (χ4v) is 2.72. The van der Waals surface area contributed by atoms with Gasteiger partial charge in [0.05, 0.1) is 5.69 Å². The number of thiocarbonyl (C=S) groups is 1. The first kappa shape index (κ1) is 16.4. The quantitative estimate of drug-likeness (QED) is 0.509. The highest BCUT2D eigenvalue weighted by molar-refractivity contribution is 7.80. The van der Waals surface area contributed by atoms with Crippen LogP contribution < -0.4 is 10.2 Å². The average Bonchev–Trinajstić information content (AvgIpc) is 2.55. The van der Waals surface area contributed by atoms with Crippen LogP contribution in [0.15, 0.2) is 54.1 Å². The van der Waals surface area contributed by atoms with E-state index in [1.165, 1.54) is 11.0 Å². The molecular formula is C18H13ClN2O2S. The molecule has 0 spiro atoms. The number of rotatable bonds is 2. The van der Waals surface area contributed by atoms with E-state index in [2.05, 4.69) is 5.32 Å². The number of hydrogen-bond acceptors (Lipinski definition) is 3. The molecule has 6 heteroatoms. The average molecular weight is 357 g/mol. The predicted octanol–water partition coefficient (Wildman–Crippen LogP) is 3.48. The smallest absolute Gasteiger partial charge is 0.270 e. The van der Waals surface area contributed by atoms with Crippen molar-refractivity contribution in [3.63, 3.8) is 0 Å². The van der Waals surface area contributed by atoms with Crippen molar-refractivity contribution in [2.24, 2.45) is 0 Å². The minimum atomic E-state index is -0.511. The van der Waals surface area contributed by atoms with Gasteiger partial charge in [0.15, 0.2) is 5.11 Å². The zero-order valence-electron chi connectivity index (χ0n) is 12.7. The van der Waals surface area contributed by atoms with Crippen molar-refractivity contribution in [3.8, 4) is 0 Å². The molecule has 0 atom stereocenters. The third-order valence-corrected chi connectivity index (χ3v) is 4.11. The lowest BCUT2D eigenvalue weighted by atomic mass is 10.1. The van der Waals surface area contributed by atoms with Gasteiger partial charge in [0.2, 0.25) is 0 Å². The van der Waals surface area contributed by atoms with Gasteiger partial charge >= 0.3 is 0 Å². The van der Waals surface area contributed by atoms with Crippen LogP contribution in [-0.4, -0.2) is 16.9 Å². The molecule has 1 heterocycles. The molecule has 1 fully saturated rings. The highest BCUT2D eigenvalue weighted by atomic mass is 35.5. The fourth-order valence-electron chi connectivity index (χ4n) is 2.31. The molecule has 1 aliphatic heterocycles. The molecule has 2 aromatic carbocycles. The summed E-state index contributed by atoms with van der Waals surface area (Å²) in [6.07, 6.45) is 1.52. The molecule has 1 aliphatic rings. The normalized spacial score (nSPS) is 16.5. The number of anilines is 1. The van der Waals surface area contributed by atoms with Gasteiger partial charge < -0.3 is 0 Å². The Kier molecular flexibility index (Phi) is 4.46. The summed E-state index contributed by atoms with van der Waals surface area (Å²) >= 11 is 11.0. The van der Waals surface area contributed by atoms with Gasteiger partial charge in [0.25, 0.3) is 11.8 Å². The van der Waals surface area contributed by atoms with Crippen molar-refractivity contribution in [2.45, 2.75) is 6.92 Å². The Bertz CT molecular complexity index is 858. The van der Waals surface area contributed by atoms with E-state index in [4.69, 9.17) is 23.8 Å². The van der Waals surface area contributed by atoms with Gasteiger partial charge in [-0.1, -0.05) is 41.4 Å². The van der Waals surface area contributed by atoms with Gasteiger partial charge in [0.1, 0.15) is 5.57 Å². The van der Waals surface area contributed by atoms with E-state index < -0.39 is 11.8 Å². The Morgan fingerprint density at radius 2 is 1.67 bits per heavy atom. The molecular weight excluding hydrogens is 344 g/mol. The molecule has 4 nitrogen and oxygen atoms in total. The molecule has 2 amide bonds. The third-order valence-electron chi connectivity index (χ3n) is 3.57. The molecule has 1 N–H and O–H groups in total. The van der Waals surface area contributed by atoms with Gasteiger partial charge in [-0.05, 0) is 55.0 Å². The van der Waals surface area contributed by atoms with Crippen molar-refractivity contribution in [1.82, 2.24) is 5.32 Å². The van der Waals surface area contributed by atoms with Gasteiger partial charge in [-0.2, -0.15) is 0 Å². The van der Waals surface area contributed by atoms with Crippen LogP contribution in [0.1, 0.15) is 11.1 Å². The van der Waals surface area contributed by atoms with Crippen molar-refractivity contribution < 1.29 is 9.59 Å². The van der Waals surface area contributed by atoms with Crippen LogP contribution in [0.3, 0.4) is 0 Å². The highest BCUT2D eigenvalue weighted by Gasteiger charge is 2.34. The molecule has 1 saturated heterocycles. The number of amides is 2. The van der Waals surface area contributed by atoms with Crippen LogP contribution in [0, 0.1) is 6.92 Å². The number of nitrogens with one attached hydrogen (secondary N) is 1. The summed E-state index contributed by atoms with van der Waals surface area (Å²) in [6, 6.07) is 14.2. The molecule has 0 bridgehead atoms. The second kappa shape index (κ2) is 6.55. The van der Waals surface area contributed by atoms with Crippen LogP contribution in [0.25, 0.3) is 6.08 Å². The monoisotopic (exact) mass is 356 g/mol. The number of nitrogens with zero attached hydrogens (tertiary/aromatic N) is 1. The Hall–Kier alpha value is -2.50. The number of halogens is 1. The molecule has 24 heavy (non-hydrogen) atoms. The first-order valence-electron chi connectivity index (χ1n) is 7.19. The van der Waals surface area contributed by atoms with E-state index in [-0.39, 0.29) is 10.7 Å². The molecule has 0 unspecified atom stereocenters. The molecule has 120 valence electrons. The number of carbonyl (C=O) groups is 2. The SMILES string of the molecule is Cc1ccc(N2C(=O)/C(=C/c3ccc(Cl)cc3)C(=O)NC2=S)cc1. The van der Waals surface area contributed by atoms with Gasteiger partial charge in [0, 0.05) is 5.02 Å². The topological polar surface area (TPSA) is 49.4 Å². The van der Waals surface area contributed by atoms with Gasteiger partial charge in [-0.25, -0.2) is 0 Å². The third kappa shape index (κ3) is 3.22. The van der Waals surface area contributed by atoms with Crippen LogP contribution in [0.5, 0.6) is 0 Å². The summed E-state index contributed by atoms with van der Waals surface area (Å²) in [5, 5.41) is 3.21. The number of benzene rings is 2. The van der Waals surface area contributed by atoms with Gasteiger partial charge in [-0.3, -0.25) is 19.8 Å². The maximum atomic E-state index is 12.8. The molecule has 3 rings (SSSR count). The Balaban J connectivity index is 1.99. The molecule has 0 radical (unpaired) electrons. The summed E-state index contributed by atoms with van der Waals surface area (Å²) in [7, 11) is 0. The van der Waals surface area contributed by atoms with Crippen molar-refractivity contribution >= 4 is 52.5 Å². The summed E-state index contributed by atoms with van der Waals surface area (Å²) in [6.45, 7) is 1.95. The maximum absolute atomic E-state index is 12.8. The van der Waals surface area contributed by atoms with Crippen LogP contribution >= 0.6 is 23.8 Å². The van der Waals surface area contributed by atoms with Crippen LogP contribution in [0.2, 0.25) is 5.02 Å². The summed E-state index contributed by atoms with van der Waals surface area (Å²) in [5.74, 6) is -0.967. The molecule has 0 saturated carbocycles. The first-order valence-corrected chi connectivity index (χ1v) is 7.98. The van der Waals surface area contributed by atoms with Crippen LogP contribution in [-0.2, 0) is 9.59 Å². The van der Waals surface area contributed by atoms with Crippen molar-refractivity contribution in [2.75, 3.05) is 4.90 Å². The van der Waals surface area contributed by atoms with Gasteiger partial charge in [-0.15, -0.1) is 0 Å². The Morgan fingerprint density at radius 3 is 2.29 bits per heavy atom. The number of hydrogen-bond donors (Lipinski definition) is 1. The fraction of sp³-hybridized carbons (Fsp3) is 0.0556. The number of aryl methyl sites for hydroxylation is 1. The zero-order chi connectivity index (χ0) is 17.3. The lowest BCUT2D eigenvalue weighted by molar-refractivity contribution is -0.122. The lowest BCUT2D eigenvalue weighted by Crippen LogP contribution is -2.54. The highest BCUT2D eigenvalue weighted by Crippen LogP contribution is 2.22. The minimum absolute atomic E-state index is 0.0199. The van der Waals surface area contributed by atoms with Crippen LogP contribution in [0.4, 0.5) is 5.69 Å². The lowest BCUT2D eigenvalue weighted by Gasteiger charge is -2.29. The summed E-state index contributed by atoms with van der Waals surface area (Å²) in [5.41, 5.74) is 2.40. The van der Waals surface area contributed by atoms with E-state index in [1.807, 2.05) is 19.1 Å². The second-order valence-electron chi connectivity index (χ2n) is 5.34. The summed E-state index contributed by atoms with van der Waals surface area (Å²) in [4.78, 5) is 26.3. The van der Waals surface area contributed by atoms with E-state index in [0.29, 0.717) is 16.3 Å². The van der Waals surface area contributed by atoms with E-state index in [1.54, 1.807) is 36.4 Å². The van der Waals surface area contributed by atoms with Crippen molar-refractivity contribution in [1.29, 1.82) is 0 Å². The Morgan fingerprint density at radius 1 is 1.04 bits per heavy atom. The molecule has 2 aromatic rings. The number of carbonyl (C=O) groups excluding carboxylic acids is 2. The minimum Gasteiger partial charge on any atom is -0.298 e. The predicted molar refractivity (Wildman–Crippen MR) is 98.8 cm³/mol. The van der Waals surface area contributed by atoms with E-state index >= 15 is 0 Å². The first-order chi connectivity index (χ1) is 11.5.